The maximum Gasteiger partial charge on any atom is 0.312 e. The van der Waals surface area contributed by atoms with Crippen LogP contribution in [0.1, 0.15) is 46.1 Å². The van der Waals surface area contributed by atoms with Gasteiger partial charge in [0.2, 0.25) is 0 Å². The molecular weight excluding hydrogens is 396 g/mol. The summed E-state index contributed by atoms with van der Waals surface area (Å²) in [6.07, 6.45) is 7.78. The Morgan fingerprint density at radius 1 is 1.13 bits per heavy atom. The Morgan fingerprint density at radius 2 is 1.73 bits per heavy atom. The van der Waals surface area contributed by atoms with Gasteiger partial charge in [0.05, 0.1) is 11.3 Å². The van der Waals surface area contributed by atoms with Gasteiger partial charge in [-0.25, -0.2) is 0 Å². The number of allylic oxidation sites excluding steroid dienone is 2. The molecule has 30 heavy (non-hydrogen) atoms. The minimum Gasteiger partial charge on any atom is -0.481 e. The number of hydrogen-bond acceptors (Lipinski definition) is 2. The van der Waals surface area contributed by atoms with Crippen molar-refractivity contribution in [1.82, 2.24) is 0 Å². The average Bonchev–Trinajstić information content (AvgIpc) is 2.65. The molecule has 2 aromatic carbocycles. The van der Waals surface area contributed by atoms with E-state index in [1.807, 2.05) is 82.3 Å². The van der Waals surface area contributed by atoms with Gasteiger partial charge in [-0.2, -0.15) is 0 Å². The van der Waals surface area contributed by atoms with E-state index in [0.717, 1.165) is 5.56 Å². The Kier molecular flexibility index (Phi) is 7.39. The largest absolute Gasteiger partial charge is 0.481 e. The molecule has 0 saturated carbocycles. The Hall–Kier alpha value is -2.70. The first-order valence-corrected chi connectivity index (χ1v) is 10.3. The molecule has 0 heterocycles. The SMILES string of the molecule is C#CC(c1cccc(Oc2ccccc2)c1)C(C(=O)O)(C(C)C)C(C)(C)C=C(C)Cl. The highest BCUT2D eigenvalue weighted by atomic mass is 35.5. The van der Waals surface area contributed by atoms with Gasteiger partial charge in [0, 0.05) is 10.4 Å². The lowest BCUT2D eigenvalue weighted by atomic mass is 9.52. The van der Waals surface area contributed by atoms with Crippen molar-refractivity contribution in [3.05, 3.63) is 71.3 Å². The summed E-state index contributed by atoms with van der Waals surface area (Å²) in [5, 5.41) is 11.0. The average molecular weight is 425 g/mol. The zero-order chi connectivity index (χ0) is 22.5. The molecule has 1 N–H and O–H groups in total. The van der Waals surface area contributed by atoms with Crippen molar-refractivity contribution in [1.29, 1.82) is 0 Å². The third-order valence-electron chi connectivity index (χ3n) is 5.68. The number of carboxylic acids is 1. The van der Waals surface area contributed by atoms with Crippen LogP contribution in [0.2, 0.25) is 0 Å². The number of carbonyl (C=O) groups is 1. The first-order valence-electron chi connectivity index (χ1n) is 9.93. The maximum atomic E-state index is 12.8. The molecule has 2 unspecified atom stereocenters. The number of halogens is 1. The molecule has 2 atom stereocenters. The molecule has 0 fully saturated rings. The number of rotatable bonds is 8. The van der Waals surface area contributed by atoms with E-state index in [4.69, 9.17) is 22.8 Å². The minimum absolute atomic E-state index is 0.267. The lowest BCUT2D eigenvalue weighted by molar-refractivity contribution is -0.160. The quantitative estimate of drug-likeness (QED) is 0.460. The van der Waals surface area contributed by atoms with Gasteiger partial charge in [-0.05, 0) is 42.7 Å². The molecule has 2 aromatic rings. The normalized spacial score (nSPS) is 15.2. The van der Waals surface area contributed by atoms with E-state index < -0.39 is 22.7 Å². The molecule has 2 rings (SSSR count). The van der Waals surface area contributed by atoms with Gasteiger partial charge in [0.25, 0.3) is 0 Å². The number of hydrogen-bond donors (Lipinski definition) is 1. The fraction of sp³-hybridized carbons (Fsp3) is 0.346. The highest BCUT2D eigenvalue weighted by molar-refractivity contribution is 6.29. The van der Waals surface area contributed by atoms with Crippen LogP contribution >= 0.6 is 11.6 Å². The molecule has 4 heteroatoms. The van der Waals surface area contributed by atoms with Crippen molar-refractivity contribution in [2.24, 2.45) is 16.7 Å². The van der Waals surface area contributed by atoms with E-state index >= 15 is 0 Å². The first-order chi connectivity index (χ1) is 14.1. The third kappa shape index (κ3) is 4.55. The van der Waals surface area contributed by atoms with Crippen LogP contribution in [0.15, 0.2) is 65.7 Å². The Morgan fingerprint density at radius 3 is 2.23 bits per heavy atom. The second kappa shape index (κ2) is 9.41. The van der Waals surface area contributed by atoms with E-state index in [9.17, 15) is 9.90 Å². The van der Waals surface area contributed by atoms with Gasteiger partial charge in [-0.15, -0.1) is 6.42 Å². The third-order valence-corrected chi connectivity index (χ3v) is 5.79. The molecule has 0 spiro atoms. The number of ether oxygens (including phenoxy) is 1. The summed E-state index contributed by atoms with van der Waals surface area (Å²) in [5.41, 5.74) is -1.38. The van der Waals surface area contributed by atoms with Gasteiger partial charge in [-0.1, -0.05) is 81.6 Å². The Bertz CT molecular complexity index is 950. The van der Waals surface area contributed by atoms with Gasteiger partial charge in [0.1, 0.15) is 11.5 Å². The fourth-order valence-corrected chi connectivity index (χ4v) is 4.86. The Balaban J connectivity index is 2.64. The molecule has 0 aliphatic heterocycles. The molecule has 158 valence electrons. The van der Waals surface area contributed by atoms with E-state index in [-0.39, 0.29) is 5.92 Å². The summed E-state index contributed by atoms with van der Waals surface area (Å²) in [5.74, 6) is 2.17. The lowest BCUT2D eigenvalue weighted by Crippen LogP contribution is -2.51. The smallest absolute Gasteiger partial charge is 0.312 e. The van der Waals surface area contributed by atoms with E-state index in [1.54, 1.807) is 13.0 Å². The molecular formula is C26H29ClO3. The first kappa shape index (κ1) is 23.6. The van der Waals surface area contributed by atoms with Crippen molar-refractivity contribution >= 4 is 17.6 Å². The summed E-state index contributed by atoms with van der Waals surface area (Å²) in [6, 6.07) is 16.8. The molecule has 0 amide bonds. The maximum absolute atomic E-state index is 12.8. The van der Waals surface area contributed by atoms with E-state index in [1.165, 1.54) is 0 Å². The van der Waals surface area contributed by atoms with Crippen molar-refractivity contribution in [2.75, 3.05) is 0 Å². The number of benzene rings is 2. The van der Waals surface area contributed by atoms with E-state index in [2.05, 4.69) is 5.92 Å². The van der Waals surface area contributed by atoms with Crippen molar-refractivity contribution < 1.29 is 14.6 Å². The zero-order valence-electron chi connectivity index (χ0n) is 18.1. The van der Waals surface area contributed by atoms with Crippen LogP contribution < -0.4 is 4.74 Å². The van der Waals surface area contributed by atoms with Crippen LogP contribution in [0.4, 0.5) is 0 Å². The fourth-order valence-electron chi connectivity index (χ4n) is 4.58. The number of carboxylic acid groups (broad SMARTS) is 1. The van der Waals surface area contributed by atoms with Crippen molar-refractivity contribution in [2.45, 2.75) is 40.5 Å². The standard InChI is InChI=1S/C26H29ClO3/c1-7-23(26(18(2)3,24(28)29)25(5,6)17-19(4)27)20-12-11-15-22(16-20)30-21-13-9-8-10-14-21/h1,8-18,23H,2-6H3,(H,28,29). The second-order valence-corrected chi connectivity index (χ2v) is 8.97. The molecule has 0 aliphatic carbocycles. The number of aliphatic carboxylic acids is 1. The highest BCUT2D eigenvalue weighted by Gasteiger charge is 2.57. The van der Waals surface area contributed by atoms with E-state index in [0.29, 0.717) is 16.5 Å². The van der Waals surface area contributed by atoms with Crippen LogP contribution in [-0.4, -0.2) is 11.1 Å². The number of terminal acetylenes is 1. The zero-order valence-corrected chi connectivity index (χ0v) is 18.9. The van der Waals surface area contributed by atoms with Crippen LogP contribution in [0.3, 0.4) is 0 Å². The van der Waals surface area contributed by atoms with Gasteiger partial charge >= 0.3 is 5.97 Å². The lowest BCUT2D eigenvalue weighted by Gasteiger charge is -2.48. The van der Waals surface area contributed by atoms with Gasteiger partial charge in [-0.3, -0.25) is 4.79 Å². The highest BCUT2D eigenvalue weighted by Crippen LogP contribution is 2.56. The molecule has 0 radical (unpaired) electrons. The van der Waals surface area contributed by atoms with Crippen LogP contribution in [0.25, 0.3) is 0 Å². The van der Waals surface area contributed by atoms with Gasteiger partial charge in [0.15, 0.2) is 0 Å². The topological polar surface area (TPSA) is 46.5 Å². The van der Waals surface area contributed by atoms with Crippen LogP contribution in [0, 0.1) is 29.1 Å². The predicted octanol–water partition coefficient (Wildman–Crippen LogP) is 7.09. The summed E-state index contributed by atoms with van der Waals surface area (Å²) in [6.45, 7) is 9.28. The summed E-state index contributed by atoms with van der Waals surface area (Å²) < 4.78 is 5.95. The second-order valence-electron chi connectivity index (χ2n) is 8.37. The number of para-hydroxylation sites is 1. The summed E-state index contributed by atoms with van der Waals surface area (Å²) >= 11 is 6.18. The van der Waals surface area contributed by atoms with Crippen molar-refractivity contribution in [3.63, 3.8) is 0 Å². The molecule has 0 saturated heterocycles. The monoisotopic (exact) mass is 424 g/mol. The predicted molar refractivity (Wildman–Crippen MR) is 123 cm³/mol. The van der Waals surface area contributed by atoms with Crippen LogP contribution in [0.5, 0.6) is 11.5 Å². The molecule has 3 nitrogen and oxygen atoms in total. The summed E-state index contributed by atoms with van der Waals surface area (Å²) in [7, 11) is 0. The molecule has 0 aromatic heterocycles. The van der Waals surface area contributed by atoms with Crippen LogP contribution in [-0.2, 0) is 4.79 Å². The summed E-state index contributed by atoms with van der Waals surface area (Å²) in [4.78, 5) is 12.8. The molecule has 0 bridgehead atoms. The minimum atomic E-state index is -1.29. The molecule has 0 aliphatic rings. The van der Waals surface area contributed by atoms with Gasteiger partial charge < -0.3 is 9.84 Å². The van der Waals surface area contributed by atoms with Crippen molar-refractivity contribution in [3.8, 4) is 23.8 Å². The Labute approximate surface area is 184 Å².